The topological polar surface area (TPSA) is 56.0 Å². The number of rotatable bonds is 1. The molecule has 0 saturated carbocycles. The monoisotopic (exact) mass is 249 g/mol. The highest BCUT2D eigenvalue weighted by atomic mass is 35.5. The first kappa shape index (κ1) is 10.1. The first-order valence-electron chi connectivity index (χ1n) is 4.72. The van der Waals surface area contributed by atoms with Crippen LogP contribution in [0.2, 0.25) is 5.15 Å². The van der Waals surface area contributed by atoms with Crippen LogP contribution in [0.1, 0.15) is 0 Å². The first-order valence-corrected chi connectivity index (χ1v) is 5.10. The summed E-state index contributed by atoms with van der Waals surface area (Å²) in [6, 6.07) is 4.43. The van der Waals surface area contributed by atoms with Gasteiger partial charge in [-0.25, -0.2) is 14.4 Å². The van der Waals surface area contributed by atoms with Crippen molar-refractivity contribution in [3.63, 3.8) is 0 Å². The van der Waals surface area contributed by atoms with Crippen LogP contribution in [0, 0.1) is 5.82 Å². The van der Waals surface area contributed by atoms with Gasteiger partial charge in [-0.05, 0) is 12.1 Å². The minimum absolute atomic E-state index is 0.337. The van der Waals surface area contributed by atoms with E-state index in [-0.39, 0.29) is 0 Å². The summed E-state index contributed by atoms with van der Waals surface area (Å²) in [5.41, 5.74) is 1.08. The van der Waals surface area contributed by atoms with E-state index in [4.69, 9.17) is 11.6 Å². The summed E-state index contributed by atoms with van der Waals surface area (Å²) >= 11 is 5.74. The Labute approximate surface area is 99.9 Å². The number of halogens is 2. The Morgan fingerprint density at radius 2 is 2.06 bits per heavy atom. The van der Waals surface area contributed by atoms with E-state index in [1.54, 1.807) is 10.5 Å². The molecule has 84 valence electrons. The molecule has 3 aromatic heterocycles. The number of hydrogen-bond acceptors (Lipinski definition) is 4. The third-order valence-corrected chi connectivity index (χ3v) is 2.43. The fourth-order valence-electron chi connectivity index (χ4n) is 1.46. The predicted octanol–water partition coefficient (Wildman–Crippen LogP) is 1.98. The molecule has 3 rings (SSSR count). The lowest BCUT2D eigenvalue weighted by Gasteiger charge is -1.98. The van der Waals surface area contributed by atoms with Crippen LogP contribution >= 0.6 is 11.6 Å². The SMILES string of the molecule is Fc1ccc(-c2nnc3cc(Cl)ncn23)nc1. The van der Waals surface area contributed by atoms with Gasteiger partial charge in [0.1, 0.15) is 23.0 Å². The number of pyridine rings is 1. The zero-order chi connectivity index (χ0) is 11.8. The second-order valence-electron chi connectivity index (χ2n) is 3.33. The van der Waals surface area contributed by atoms with Crippen molar-refractivity contribution in [2.45, 2.75) is 0 Å². The van der Waals surface area contributed by atoms with Gasteiger partial charge < -0.3 is 0 Å². The highest BCUT2D eigenvalue weighted by Crippen LogP contribution is 2.16. The normalized spacial score (nSPS) is 10.9. The molecule has 3 aromatic rings. The lowest BCUT2D eigenvalue weighted by Crippen LogP contribution is -1.93. The molecule has 0 unspecified atom stereocenters. The molecular formula is C10H5ClFN5. The van der Waals surface area contributed by atoms with Crippen molar-refractivity contribution in [3.05, 3.63) is 41.7 Å². The molecule has 0 fully saturated rings. The van der Waals surface area contributed by atoms with Gasteiger partial charge in [0, 0.05) is 6.07 Å². The van der Waals surface area contributed by atoms with Crippen molar-refractivity contribution in [2.75, 3.05) is 0 Å². The van der Waals surface area contributed by atoms with E-state index in [2.05, 4.69) is 20.2 Å². The number of hydrogen-bond donors (Lipinski definition) is 0. The Hall–Kier alpha value is -2.08. The lowest BCUT2D eigenvalue weighted by atomic mass is 10.3. The molecule has 0 aliphatic carbocycles. The summed E-state index contributed by atoms with van der Waals surface area (Å²) in [5, 5.41) is 8.24. The maximum Gasteiger partial charge on any atom is 0.188 e. The van der Waals surface area contributed by atoms with E-state index in [0.717, 1.165) is 6.20 Å². The van der Waals surface area contributed by atoms with Crippen LogP contribution in [0.3, 0.4) is 0 Å². The van der Waals surface area contributed by atoms with E-state index >= 15 is 0 Å². The van der Waals surface area contributed by atoms with Crippen molar-refractivity contribution in [1.29, 1.82) is 0 Å². The van der Waals surface area contributed by atoms with Crippen molar-refractivity contribution in [3.8, 4) is 11.5 Å². The van der Waals surface area contributed by atoms with Crippen molar-refractivity contribution >= 4 is 17.2 Å². The molecule has 0 aliphatic rings. The maximum absolute atomic E-state index is 12.8. The molecule has 0 aromatic carbocycles. The molecule has 0 atom stereocenters. The van der Waals surface area contributed by atoms with Gasteiger partial charge in [-0.15, -0.1) is 10.2 Å². The molecule has 0 bridgehead atoms. The molecule has 5 nitrogen and oxygen atoms in total. The van der Waals surface area contributed by atoms with Gasteiger partial charge in [-0.2, -0.15) is 0 Å². The molecular weight excluding hydrogens is 245 g/mol. The minimum atomic E-state index is -0.399. The molecule has 7 heteroatoms. The lowest BCUT2D eigenvalue weighted by molar-refractivity contribution is 0.621. The zero-order valence-electron chi connectivity index (χ0n) is 8.38. The van der Waals surface area contributed by atoms with Gasteiger partial charge in [-0.1, -0.05) is 11.6 Å². The van der Waals surface area contributed by atoms with Crippen molar-refractivity contribution in [2.24, 2.45) is 0 Å². The number of aromatic nitrogens is 5. The van der Waals surface area contributed by atoms with Crippen LogP contribution in [-0.4, -0.2) is 24.6 Å². The molecule has 0 amide bonds. The van der Waals surface area contributed by atoms with Gasteiger partial charge in [0.25, 0.3) is 0 Å². The average Bonchev–Trinajstić information content (AvgIpc) is 2.73. The van der Waals surface area contributed by atoms with Gasteiger partial charge in [-0.3, -0.25) is 4.40 Å². The highest BCUT2D eigenvalue weighted by molar-refractivity contribution is 6.29. The van der Waals surface area contributed by atoms with E-state index in [9.17, 15) is 4.39 Å². The first-order chi connectivity index (χ1) is 8.24. The van der Waals surface area contributed by atoms with Gasteiger partial charge in [0.2, 0.25) is 0 Å². The van der Waals surface area contributed by atoms with Crippen LogP contribution < -0.4 is 0 Å². The van der Waals surface area contributed by atoms with Crippen LogP contribution in [0.25, 0.3) is 17.2 Å². The Balaban J connectivity index is 2.21. The Morgan fingerprint density at radius 1 is 1.18 bits per heavy atom. The van der Waals surface area contributed by atoms with Gasteiger partial charge in [0.15, 0.2) is 11.5 Å². The maximum atomic E-state index is 12.8. The van der Waals surface area contributed by atoms with Crippen molar-refractivity contribution in [1.82, 2.24) is 24.6 Å². The largest absolute Gasteiger partial charge is 0.264 e. The molecule has 0 N–H and O–H groups in total. The van der Waals surface area contributed by atoms with Crippen LogP contribution in [-0.2, 0) is 0 Å². The molecule has 0 radical (unpaired) electrons. The molecule has 3 heterocycles. The van der Waals surface area contributed by atoms with Crippen LogP contribution in [0.15, 0.2) is 30.7 Å². The summed E-state index contributed by atoms with van der Waals surface area (Å²) in [7, 11) is 0. The van der Waals surface area contributed by atoms with Crippen LogP contribution in [0.5, 0.6) is 0 Å². The van der Waals surface area contributed by atoms with E-state index < -0.39 is 5.82 Å². The molecule has 0 spiro atoms. The second-order valence-corrected chi connectivity index (χ2v) is 3.71. The van der Waals surface area contributed by atoms with E-state index in [1.807, 2.05) is 0 Å². The Bertz CT molecular complexity index is 679. The number of fused-ring (bicyclic) bond motifs is 1. The summed E-state index contributed by atoms with van der Waals surface area (Å²) < 4.78 is 14.4. The molecule has 17 heavy (non-hydrogen) atoms. The molecule has 0 aliphatic heterocycles. The fourth-order valence-corrected chi connectivity index (χ4v) is 1.60. The summed E-state index contributed by atoms with van der Waals surface area (Å²) in [4.78, 5) is 7.86. The predicted molar refractivity (Wildman–Crippen MR) is 59.0 cm³/mol. The summed E-state index contributed by atoms with van der Waals surface area (Å²) in [5.74, 6) is 0.0907. The number of nitrogens with zero attached hydrogens (tertiary/aromatic N) is 5. The second kappa shape index (κ2) is 3.74. The summed E-state index contributed by atoms with van der Waals surface area (Å²) in [6.07, 6.45) is 2.62. The van der Waals surface area contributed by atoms with Crippen LogP contribution in [0.4, 0.5) is 4.39 Å². The Morgan fingerprint density at radius 3 is 2.82 bits per heavy atom. The quantitative estimate of drug-likeness (QED) is 0.619. The zero-order valence-corrected chi connectivity index (χ0v) is 9.13. The van der Waals surface area contributed by atoms with Gasteiger partial charge >= 0.3 is 0 Å². The average molecular weight is 250 g/mol. The van der Waals surface area contributed by atoms with Crippen molar-refractivity contribution < 1.29 is 4.39 Å². The Kier molecular flexibility index (Phi) is 2.22. The van der Waals surface area contributed by atoms with E-state index in [1.165, 1.54) is 18.5 Å². The summed E-state index contributed by atoms with van der Waals surface area (Å²) in [6.45, 7) is 0. The molecule has 0 saturated heterocycles. The third-order valence-electron chi connectivity index (χ3n) is 2.22. The van der Waals surface area contributed by atoms with E-state index in [0.29, 0.717) is 22.3 Å². The highest BCUT2D eigenvalue weighted by Gasteiger charge is 2.09. The third kappa shape index (κ3) is 1.72. The standard InChI is InChI=1S/C10H5ClFN5/c11-8-3-9-15-16-10(17(9)5-14-8)7-2-1-6(12)4-13-7/h1-5H. The van der Waals surface area contributed by atoms with Gasteiger partial charge in [0.05, 0.1) is 6.20 Å². The fraction of sp³-hybridized carbons (Fsp3) is 0. The smallest absolute Gasteiger partial charge is 0.188 e. The minimum Gasteiger partial charge on any atom is -0.264 e.